The molecule has 1 aromatic carbocycles. The van der Waals surface area contributed by atoms with Crippen molar-refractivity contribution in [2.24, 2.45) is 0 Å². The molecule has 2 fully saturated rings. The van der Waals surface area contributed by atoms with Crippen molar-refractivity contribution in [3.63, 3.8) is 0 Å². The highest BCUT2D eigenvalue weighted by Gasteiger charge is 2.28. The summed E-state index contributed by atoms with van der Waals surface area (Å²) >= 11 is 0. The van der Waals surface area contributed by atoms with Crippen molar-refractivity contribution in [1.82, 2.24) is 19.8 Å². The Hall–Kier alpha value is -2.34. The fourth-order valence-corrected chi connectivity index (χ4v) is 3.41. The van der Waals surface area contributed by atoms with Gasteiger partial charge < -0.3 is 4.90 Å². The van der Waals surface area contributed by atoms with E-state index in [1.165, 1.54) is 6.07 Å². The van der Waals surface area contributed by atoms with E-state index in [1.807, 2.05) is 17.9 Å². The Morgan fingerprint density at radius 1 is 1.23 bits per heavy atom. The van der Waals surface area contributed by atoms with E-state index in [2.05, 4.69) is 14.9 Å². The third kappa shape index (κ3) is 3.75. The zero-order chi connectivity index (χ0) is 18.1. The van der Waals surface area contributed by atoms with Crippen molar-refractivity contribution in [3.8, 4) is 0 Å². The second-order valence-corrected chi connectivity index (χ2v) is 7.20. The minimum atomic E-state index is -0.207. The van der Waals surface area contributed by atoms with Crippen LogP contribution in [0.2, 0.25) is 0 Å². The predicted molar refractivity (Wildman–Crippen MR) is 96.3 cm³/mol. The number of carbonyl (C=O) groups excluding carboxylic acids is 1. The van der Waals surface area contributed by atoms with Crippen LogP contribution in [0.1, 0.15) is 46.2 Å². The molecule has 0 atom stereocenters. The highest BCUT2D eigenvalue weighted by atomic mass is 19.1. The molecule has 1 aromatic heterocycles. The Morgan fingerprint density at radius 3 is 2.65 bits per heavy atom. The van der Waals surface area contributed by atoms with Crippen molar-refractivity contribution < 1.29 is 9.18 Å². The summed E-state index contributed by atoms with van der Waals surface area (Å²) in [5.41, 5.74) is 2.34. The van der Waals surface area contributed by atoms with Crippen LogP contribution in [0.4, 0.5) is 4.39 Å². The SMILES string of the molecule is Cc1nc(C2CC2)ncc1C(=O)N1CCN(Cc2cccc(F)c2)CC1. The fourth-order valence-electron chi connectivity index (χ4n) is 3.41. The van der Waals surface area contributed by atoms with Crippen molar-refractivity contribution in [2.45, 2.75) is 32.2 Å². The number of piperazine rings is 1. The minimum Gasteiger partial charge on any atom is -0.336 e. The van der Waals surface area contributed by atoms with Crippen LogP contribution in [-0.4, -0.2) is 51.9 Å². The van der Waals surface area contributed by atoms with Gasteiger partial charge in [0.1, 0.15) is 11.6 Å². The minimum absolute atomic E-state index is 0.00949. The summed E-state index contributed by atoms with van der Waals surface area (Å²) in [5, 5.41) is 0. The molecule has 2 aromatic rings. The van der Waals surface area contributed by atoms with Crippen molar-refractivity contribution in [3.05, 3.63) is 58.9 Å². The summed E-state index contributed by atoms with van der Waals surface area (Å²) in [6.07, 6.45) is 4.00. The van der Waals surface area contributed by atoms with Gasteiger partial charge in [-0.15, -0.1) is 0 Å². The molecule has 1 saturated heterocycles. The lowest BCUT2D eigenvalue weighted by atomic mass is 10.1. The summed E-state index contributed by atoms with van der Waals surface area (Å²) in [7, 11) is 0. The van der Waals surface area contributed by atoms with Crippen LogP contribution in [0.25, 0.3) is 0 Å². The first kappa shape index (κ1) is 17.1. The highest BCUT2D eigenvalue weighted by molar-refractivity contribution is 5.95. The molecular formula is C20H23FN4O. The lowest BCUT2D eigenvalue weighted by Gasteiger charge is -2.35. The molecular weight excluding hydrogens is 331 g/mol. The van der Waals surface area contributed by atoms with Crippen molar-refractivity contribution in [1.29, 1.82) is 0 Å². The smallest absolute Gasteiger partial charge is 0.257 e. The van der Waals surface area contributed by atoms with Gasteiger partial charge in [0.25, 0.3) is 5.91 Å². The monoisotopic (exact) mass is 354 g/mol. The highest BCUT2D eigenvalue weighted by Crippen LogP contribution is 2.38. The summed E-state index contributed by atoms with van der Waals surface area (Å²) in [6, 6.07) is 6.69. The lowest BCUT2D eigenvalue weighted by Crippen LogP contribution is -2.48. The third-order valence-corrected chi connectivity index (χ3v) is 5.13. The summed E-state index contributed by atoms with van der Waals surface area (Å²) in [6.45, 7) is 5.49. The molecule has 0 N–H and O–H groups in total. The standard InChI is InChI=1S/C20H23FN4O/c1-14-18(12-22-19(23-14)16-5-6-16)20(26)25-9-7-24(8-10-25)13-15-3-2-4-17(21)11-15/h2-4,11-12,16H,5-10,13H2,1H3. The Bertz CT molecular complexity index is 813. The maximum absolute atomic E-state index is 13.3. The van der Waals surface area contributed by atoms with E-state index in [0.29, 0.717) is 31.1 Å². The molecule has 0 unspecified atom stereocenters. The zero-order valence-corrected chi connectivity index (χ0v) is 15.0. The van der Waals surface area contributed by atoms with Gasteiger partial charge in [-0.3, -0.25) is 9.69 Å². The van der Waals surface area contributed by atoms with Gasteiger partial charge in [-0.1, -0.05) is 12.1 Å². The molecule has 1 aliphatic carbocycles. The fraction of sp³-hybridized carbons (Fsp3) is 0.450. The number of hydrogen-bond acceptors (Lipinski definition) is 4. The van der Waals surface area contributed by atoms with Gasteiger partial charge in [0, 0.05) is 44.8 Å². The Labute approximate surface area is 152 Å². The normalized spacial score (nSPS) is 18.2. The van der Waals surface area contributed by atoms with Crippen molar-refractivity contribution in [2.75, 3.05) is 26.2 Å². The van der Waals surface area contributed by atoms with Gasteiger partial charge in [-0.05, 0) is 37.5 Å². The molecule has 0 spiro atoms. The number of aromatic nitrogens is 2. The summed E-state index contributed by atoms with van der Waals surface area (Å²) in [4.78, 5) is 25.8. The van der Waals surface area contributed by atoms with E-state index in [-0.39, 0.29) is 11.7 Å². The molecule has 1 amide bonds. The van der Waals surface area contributed by atoms with E-state index in [9.17, 15) is 9.18 Å². The van der Waals surface area contributed by atoms with Gasteiger partial charge in [0.2, 0.25) is 0 Å². The zero-order valence-electron chi connectivity index (χ0n) is 15.0. The second kappa shape index (κ2) is 7.11. The molecule has 4 rings (SSSR count). The number of benzene rings is 1. The number of halogens is 1. The number of nitrogens with zero attached hydrogens (tertiary/aromatic N) is 4. The van der Waals surface area contributed by atoms with Crippen LogP contribution in [0.15, 0.2) is 30.5 Å². The first-order chi connectivity index (χ1) is 12.6. The lowest BCUT2D eigenvalue weighted by molar-refractivity contribution is 0.0626. The van der Waals surface area contributed by atoms with Gasteiger partial charge in [0.05, 0.1) is 11.3 Å². The number of rotatable bonds is 4. The van der Waals surface area contributed by atoms with Crippen LogP contribution in [-0.2, 0) is 6.54 Å². The average molecular weight is 354 g/mol. The largest absolute Gasteiger partial charge is 0.336 e. The number of carbonyl (C=O) groups is 1. The Morgan fingerprint density at radius 2 is 2.00 bits per heavy atom. The van der Waals surface area contributed by atoms with Crippen molar-refractivity contribution >= 4 is 5.91 Å². The predicted octanol–water partition coefficient (Wildman–Crippen LogP) is 2.76. The van der Waals surface area contributed by atoms with Gasteiger partial charge in [-0.2, -0.15) is 0 Å². The van der Waals surface area contributed by atoms with Gasteiger partial charge >= 0.3 is 0 Å². The molecule has 1 aliphatic heterocycles. The third-order valence-electron chi connectivity index (χ3n) is 5.13. The number of amides is 1. The van der Waals surface area contributed by atoms with Gasteiger partial charge in [0.15, 0.2) is 0 Å². The number of aryl methyl sites for hydroxylation is 1. The maximum Gasteiger partial charge on any atom is 0.257 e. The summed E-state index contributed by atoms with van der Waals surface area (Å²) in [5.74, 6) is 1.17. The summed E-state index contributed by atoms with van der Waals surface area (Å²) < 4.78 is 13.3. The molecule has 26 heavy (non-hydrogen) atoms. The molecule has 136 valence electrons. The quantitative estimate of drug-likeness (QED) is 0.847. The molecule has 6 heteroatoms. The van der Waals surface area contributed by atoms with Gasteiger partial charge in [-0.25, -0.2) is 14.4 Å². The Kier molecular flexibility index (Phi) is 4.68. The van der Waals surface area contributed by atoms with Crippen LogP contribution >= 0.6 is 0 Å². The molecule has 0 radical (unpaired) electrons. The first-order valence-corrected chi connectivity index (χ1v) is 9.20. The number of hydrogen-bond donors (Lipinski definition) is 0. The molecule has 5 nitrogen and oxygen atoms in total. The van der Waals surface area contributed by atoms with E-state index >= 15 is 0 Å². The van der Waals surface area contributed by atoms with E-state index in [4.69, 9.17) is 0 Å². The molecule has 2 aliphatic rings. The van der Waals surface area contributed by atoms with Crippen LogP contribution in [0.3, 0.4) is 0 Å². The van der Waals surface area contributed by atoms with Crippen LogP contribution in [0, 0.1) is 12.7 Å². The van der Waals surface area contributed by atoms with E-state index in [0.717, 1.165) is 43.0 Å². The Balaban J connectivity index is 1.36. The molecule has 2 heterocycles. The van der Waals surface area contributed by atoms with E-state index < -0.39 is 0 Å². The molecule has 0 bridgehead atoms. The average Bonchev–Trinajstić information content (AvgIpc) is 3.47. The second-order valence-electron chi connectivity index (χ2n) is 7.20. The topological polar surface area (TPSA) is 49.3 Å². The first-order valence-electron chi connectivity index (χ1n) is 9.20. The van der Waals surface area contributed by atoms with E-state index in [1.54, 1.807) is 18.3 Å². The van der Waals surface area contributed by atoms with Crippen LogP contribution < -0.4 is 0 Å². The maximum atomic E-state index is 13.3. The molecule has 1 saturated carbocycles. The van der Waals surface area contributed by atoms with Crippen LogP contribution in [0.5, 0.6) is 0 Å².